The van der Waals surface area contributed by atoms with E-state index in [1.165, 1.54) is 18.2 Å². The van der Waals surface area contributed by atoms with Crippen LogP contribution in [0.15, 0.2) is 29.3 Å². The summed E-state index contributed by atoms with van der Waals surface area (Å²) in [5.74, 6) is -0.559. The summed E-state index contributed by atoms with van der Waals surface area (Å²) in [6, 6.07) is 4.85. The SMILES string of the molecule is O=C=NC(F)c1cccc(F)c1. The quantitative estimate of drug-likeness (QED) is 0.379. The second-order valence-corrected chi connectivity index (χ2v) is 2.11. The Balaban J connectivity index is 2.94. The van der Waals surface area contributed by atoms with E-state index in [2.05, 4.69) is 4.99 Å². The lowest BCUT2D eigenvalue weighted by Gasteiger charge is -1.99. The van der Waals surface area contributed by atoms with E-state index < -0.39 is 12.1 Å². The van der Waals surface area contributed by atoms with Gasteiger partial charge >= 0.3 is 0 Å². The molecule has 0 aliphatic carbocycles. The van der Waals surface area contributed by atoms with E-state index in [0.29, 0.717) is 0 Å². The summed E-state index contributed by atoms with van der Waals surface area (Å²) in [5, 5.41) is 0. The molecule has 12 heavy (non-hydrogen) atoms. The number of hydrogen-bond donors (Lipinski definition) is 0. The number of nitrogens with zero attached hydrogens (tertiary/aromatic N) is 1. The Morgan fingerprint density at radius 1 is 1.50 bits per heavy atom. The van der Waals surface area contributed by atoms with Crippen LogP contribution in [0.3, 0.4) is 0 Å². The van der Waals surface area contributed by atoms with E-state index in [-0.39, 0.29) is 5.56 Å². The molecular formula is C8H5F2NO. The smallest absolute Gasteiger partial charge is 0.215 e. The highest BCUT2D eigenvalue weighted by atomic mass is 19.1. The first-order valence-electron chi connectivity index (χ1n) is 3.20. The number of isocyanates is 1. The van der Waals surface area contributed by atoms with Gasteiger partial charge in [0.05, 0.1) is 0 Å². The zero-order valence-corrected chi connectivity index (χ0v) is 6.00. The first kappa shape index (κ1) is 8.56. The second kappa shape index (κ2) is 3.74. The average Bonchev–Trinajstić information content (AvgIpc) is 2.05. The topological polar surface area (TPSA) is 29.4 Å². The largest absolute Gasteiger partial charge is 0.238 e. The molecule has 0 aromatic heterocycles. The van der Waals surface area contributed by atoms with Crippen molar-refractivity contribution >= 4 is 6.08 Å². The number of aliphatic imine (C=N–C) groups is 1. The Labute approximate surface area is 67.5 Å². The van der Waals surface area contributed by atoms with Crippen molar-refractivity contribution in [1.29, 1.82) is 0 Å². The van der Waals surface area contributed by atoms with Gasteiger partial charge in [-0.05, 0) is 12.1 Å². The van der Waals surface area contributed by atoms with E-state index in [1.54, 1.807) is 0 Å². The van der Waals surface area contributed by atoms with Crippen LogP contribution in [-0.4, -0.2) is 6.08 Å². The van der Waals surface area contributed by atoms with E-state index in [0.717, 1.165) is 12.1 Å². The van der Waals surface area contributed by atoms with Crippen molar-refractivity contribution in [3.63, 3.8) is 0 Å². The fourth-order valence-corrected chi connectivity index (χ4v) is 0.776. The minimum Gasteiger partial charge on any atom is -0.215 e. The predicted molar refractivity (Wildman–Crippen MR) is 38.4 cm³/mol. The van der Waals surface area contributed by atoms with E-state index in [9.17, 15) is 13.6 Å². The second-order valence-electron chi connectivity index (χ2n) is 2.11. The predicted octanol–water partition coefficient (Wildman–Crippen LogP) is 2.13. The summed E-state index contributed by atoms with van der Waals surface area (Å²) in [6.07, 6.45) is -0.758. The minimum absolute atomic E-state index is 0.0124. The lowest BCUT2D eigenvalue weighted by atomic mass is 10.2. The van der Waals surface area contributed by atoms with Crippen molar-refractivity contribution < 1.29 is 13.6 Å². The molecule has 0 fully saturated rings. The molecule has 4 heteroatoms. The summed E-state index contributed by atoms with van der Waals surface area (Å²) in [4.78, 5) is 12.4. The highest BCUT2D eigenvalue weighted by molar-refractivity contribution is 5.34. The maximum atomic E-state index is 12.7. The lowest BCUT2D eigenvalue weighted by molar-refractivity contribution is 0.355. The van der Waals surface area contributed by atoms with Gasteiger partial charge in [-0.1, -0.05) is 12.1 Å². The van der Waals surface area contributed by atoms with E-state index in [4.69, 9.17) is 0 Å². The highest BCUT2D eigenvalue weighted by Gasteiger charge is 2.06. The minimum atomic E-state index is -1.82. The van der Waals surface area contributed by atoms with Gasteiger partial charge in [-0.15, -0.1) is 0 Å². The van der Waals surface area contributed by atoms with E-state index in [1.807, 2.05) is 0 Å². The fourth-order valence-electron chi connectivity index (χ4n) is 0.776. The maximum absolute atomic E-state index is 12.7. The molecule has 1 aromatic carbocycles. The first-order chi connectivity index (χ1) is 5.74. The molecule has 0 aliphatic rings. The molecule has 0 saturated heterocycles. The molecule has 1 unspecified atom stereocenters. The Bertz CT molecular complexity index is 321. The number of carbonyl (C=O) groups excluding carboxylic acids is 1. The van der Waals surface area contributed by atoms with Crippen molar-refractivity contribution in [1.82, 2.24) is 0 Å². The molecule has 1 aromatic rings. The fraction of sp³-hybridized carbons (Fsp3) is 0.125. The summed E-state index contributed by atoms with van der Waals surface area (Å²) >= 11 is 0. The van der Waals surface area contributed by atoms with Crippen LogP contribution in [0.1, 0.15) is 11.9 Å². The molecule has 1 atom stereocenters. The van der Waals surface area contributed by atoms with Crippen LogP contribution in [0.2, 0.25) is 0 Å². The van der Waals surface area contributed by atoms with Gasteiger partial charge in [0.1, 0.15) is 5.82 Å². The summed E-state index contributed by atoms with van der Waals surface area (Å²) < 4.78 is 25.2. The molecule has 1 rings (SSSR count). The number of halogens is 2. The average molecular weight is 169 g/mol. The summed E-state index contributed by atoms with van der Waals surface area (Å²) in [7, 11) is 0. The number of hydrogen-bond acceptors (Lipinski definition) is 2. The van der Waals surface area contributed by atoms with Gasteiger partial charge in [-0.25, -0.2) is 13.6 Å². The van der Waals surface area contributed by atoms with Crippen molar-refractivity contribution in [3.05, 3.63) is 35.6 Å². The molecular weight excluding hydrogens is 164 g/mol. The molecule has 2 nitrogen and oxygen atoms in total. The van der Waals surface area contributed by atoms with Gasteiger partial charge in [0.25, 0.3) is 0 Å². The molecule has 0 spiro atoms. The Kier molecular flexibility index (Phi) is 2.66. The summed E-state index contributed by atoms with van der Waals surface area (Å²) in [5.41, 5.74) is 0.0124. The monoisotopic (exact) mass is 169 g/mol. The van der Waals surface area contributed by atoms with Crippen LogP contribution >= 0.6 is 0 Å². The van der Waals surface area contributed by atoms with Crippen molar-refractivity contribution in [3.8, 4) is 0 Å². The number of rotatable bonds is 2. The number of alkyl halides is 1. The van der Waals surface area contributed by atoms with E-state index >= 15 is 0 Å². The van der Waals surface area contributed by atoms with Crippen molar-refractivity contribution in [2.24, 2.45) is 4.99 Å². The molecule has 0 amide bonds. The summed E-state index contributed by atoms with van der Waals surface area (Å²) in [6.45, 7) is 0. The molecule has 62 valence electrons. The van der Waals surface area contributed by atoms with Crippen LogP contribution in [-0.2, 0) is 4.79 Å². The Morgan fingerprint density at radius 2 is 2.25 bits per heavy atom. The Morgan fingerprint density at radius 3 is 2.83 bits per heavy atom. The van der Waals surface area contributed by atoms with Gasteiger partial charge in [0.2, 0.25) is 12.4 Å². The molecule has 0 radical (unpaired) electrons. The lowest BCUT2D eigenvalue weighted by Crippen LogP contribution is -1.87. The molecule has 0 saturated carbocycles. The maximum Gasteiger partial charge on any atom is 0.238 e. The molecule has 0 aliphatic heterocycles. The molecule has 0 N–H and O–H groups in total. The zero-order chi connectivity index (χ0) is 8.97. The van der Waals surface area contributed by atoms with Gasteiger partial charge in [0, 0.05) is 5.56 Å². The van der Waals surface area contributed by atoms with Crippen LogP contribution < -0.4 is 0 Å². The van der Waals surface area contributed by atoms with Crippen LogP contribution in [0.5, 0.6) is 0 Å². The van der Waals surface area contributed by atoms with Crippen LogP contribution in [0.4, 0.5) is 8.78 Å². The number of benzene rings is 1. The van der Waals surface area contributed by atoms with Gasteiger partial charge in [0.15, 0.2) is 0 Å². The van der Waals surface area contributed by atoms with Crippen molar-refractivity contribution in [2.75, 3.05) is 0 Å². The van der Waals surface area contributed by atoms with Crippen LogP contribution in [0.25, 0.3) is 0 Å². The normalized spacial score (nSPS) is 11.8. The zero-order valence-electron chi connectivity index (χ0n) is 6.00. The van der Waals surface area contributed by atoms with Crippen LogP contribution in [0, 0.1) is 5.82 Å². The third kappa shape index (κ3) is 1.97. The molecule has 0 heterocycles. The third-order valence-electron chi connectivity index (χ3n) is 1.29. The Hall–Kier alpha value is -1.54. The standard InChI is InChI=1S/C8H5F2NO/c9-7-3-1-2-6(4-7)8(10)11-5-12/h1-4,8H. The van der Waals surface area contributed by atoms with Crippen molar-refractivity contribution in [2.45, 2.75) is 6.30 Å². The highest BCUT2D eigenvalue weighted by Crippen LogP contribution is 2.18. The van der Waals surface area contributed by atoms with Gasteiger partial charge in [-0.2, -0.15) is 4.99 Å². The van der Waals surface area contributed by atoms with Gasteiger partial charge < -0.3 is 0 Å². The third-order valence-corrected chi connectivity index (χ3v) is 1.29. The molecule has 0 bridgehead atoms. The van der Waals surface area contributed by atoms with Gasteiger partial charge in [-0.3, -0.25) is 0 Å². The first-order valence-corrected chi connectivity index (χ1v) is 3.20.